The Kier molecular flexibility index (Phi) is 6.78. The summed E-state index contributed by atoms with van der Waals surface area (Å²) in [5, 5.41) is 64.6. The van der Waals surface area contributed by atoms with E-state index in [1.807, 2.05) is 0 Å². The molecule has 5 atom stereocenters. The van der Waals surface area contributed by atoms with Crippen LogP contribution in [0.3, 0.4) is 0 Å². The first-order chi connectivity index (χ1) is 15.5. The van der Waals surface area contributed by atoms with Gasteiger partial charge in [0.05, 0.1) is 29.3 Å². The molecule has 0 aromatic heterocycles. The number of aromatic hydroxyl groups is 2. The number of hydrogen-bond acceptors (Lipinski definition) is 11. The highest BCUT2D eigenvalue weighted by Gasteiger charge is 2.41. The Morgan fingerprint density at radius 1 is 0.939 bits per heavy atom. The number of carbonyl (C=O) groups is 3. The van der Waals surface area contributed by atoms with Gasteiger partial charge in [-0.25, -0.2) is 4.79 Å². The number of rotatable bonds is 2. The second-order valence-electron chi connectivity index (χ2n) is 7.39. The van der Waals surface area contributed by atoms with Crippen LogP contribution in [0.25, 0.3) is 0 Å². The van der Waals surface area contributed by atoms with Crippen LogP contribution in [0.1, 0.15) is 42.2 Å². The van der Waals surface area contributed by atoms with E-state index >= 15 is 0 Å². The average molecular weight is 463 g/mol. The lowest BCUT2D eigenvalue weighted by Gasteiger charge is -2.38. The molecule has 33 heavy (non-hydrogen) atoms. The van der Waals surface area contributed by atoms with Crippen molar-refractivity contribution in [2.75, 3.05) is 6.61 Å². The van der Waals surface area contributed by atoms with Crippen molar-refractivity contribution in [2.45, 2.75) is 30.6 Å². The van der Waals surface area contributed by atoms with Crippen LogP contribution in [0.5, 0.6) is 11.5 Å². The number of carboxylic acid groups (broad SMARTS) is 1. The number of benzene rings is 2. The summed E-state index contributed by atoms with van der Waals surface area (Å²) in [6.45, 7) is -0.470. The topological polar surface area (TPSA) is 228 Å². The molecule has 0 spiro atoms. The first kappa shape index (κ1) is 24.3. The molecule has 0 amide bonds. The van der Waals surface area contributed by atoms with Crippen LogP contribution >= 0.6 is 0 Å². The summed E-state index contributed by atoms with van der Waals surface area (Å²) >= 11 is 0. The van der Waals surface area contributed by atoms with Gasteiger partial charge in [-0.05, 0) is 18.2 Å². The normalized spacial score (nSPS) is 26.0. The van der Waals surface area contributed by atoms with E-state index in [1.54, 1.807) is 0 Å². The smallest absolute Gasteiger partial charge is 0.335 e. The van der Waals surface area contributed by atoms with Gasteiger partial charge in [-0.3, -0.25) is 9.59 Å². The first-order valence-electron chi connectivity index (χ1n) is 9.57. The molecule has 176 valence electrons. The van der Waals surface area contributed by atoms with E-state index in [9.17, 15) is 34.8 Å². The van der Waals surface area contributed by atoms with E-state index in [2.05, 4.69) is 0 Å². The zero-order chi connectivity index (χ0) is 24.6. The number of fused-ring (bicyclic) bond motifs is 2. The SMILES string of the molecule is N[C@@H]1[C@@H](O)[C@H](O)[C@@H](CO)O[C@H]1O.O=C(O)c1cc(O)c2c(c1)C(=O)c1cccc(O)c1C2=O. The first-order valence-corrected chi connectivity index (χ1v) is 9.57. The van der Waals surface area contributed by atoms with E-state index in [1.165, 1.54) is 18.2 Å². The number of aliphatic hydroxyl groups excluding tert-OH is 4. The van der Waals surface area contributed by atoms with Crippen molar-refractivity contribution in [3.05, 3.63) is 58.1 Å². The molecule has 0 unspecified atom stereocenters. The lowest BCUT2D eigenvalue weighted by Crippen LogP contribution is -2.61. The molecule has 1 fully saturated rings. The van der Waals surface area contributed by atoms with E-state index in [0.717, 1.165) is 12.1 Å². The number of phenolic OH excluding ortho intramolecular Hbond substituents is 2. The van der Waals surface area contributed by atoms with Gasteiger partial charge in [-0.2, -0.15) is 0 Å². The lowest BCUT2D eigenvalue weighted by molar-refractivity contribution is -0.248. The minimum atomic E-state index is -1.35. The predicted molar refractivity (Wildman–Crippen MR) is 108 cm³/mol. The number of aliphatic hydroxyl groups is 4. The molecule has 12 nitrogen and oxygen atoms in total. The van der Waals surface area contributed by atoms with Crippen molar-refractivity contribution in [1.29, 1.82) is 0 Å². The van der Waals surface area contributed by atoms with E-state index in [-0.39, 0.29) is 33.6 Å². The second-order valence-corrected chi connectivity index (χ2v) is 7.39. The van der Waals surface area contributed by atoms with Crippen molar-refractivity contribution >= 4 is 17.5 Å². The standard InChI is InChI=1S/C15H8O6.C6H13NO5/c16-9-3-1-2-7-11(9)14(19)12-8(13(7)18)4-6(15(20)21)5-10(12)17;7-3-5(10)4(9)2(1-8)12-6(3)11/h1-5,16-17H,(H,20,21);2-6,8-11H,1,7H2/t;2-,3-,4-,5-,6-/m.1/s1. The van der Waals surface area contributed by atoms with Crippen molar-refractivity contribution in [3.8, 4) is 11.5 Å². The van der Waals surface area contributed by atoms with Crippen molar-refractivity contribution in [3.63, 3.8) is 0 Å². The fourth-order valence-corrected chi connectivity index (χ4v) is 3.52. The molecule has 1 aliphatic carbocycles. The molecule has 1 heterocycles. The summed E-state index contributed by atoms with van der Waals surface area (Å²) in [4.78, 5) is 35.7. The molecule has 9 N–H and O–H groups in total. The van der Waals surface area contributed by atoms with Crippen LogP contribution in [0.2, 0.25) is 0 Å². The number of carboxylic acids is 1. The lowest BCUT2D eigenvalue weighted by atomic mass is 9.82. The van der Waals surface area contributed by atoms with Crippen LogP contribution in [0.15, 0.2) is 30.3 Å². The van der Waals surface area contributed by atoms with Crippen molar-refractivity contribution < 1.29 is 54.9 Å². The third kappa shape index (κ3) is 4.30. The fraction of sp³-hybridized carbons (Fsp3) is 0.286. The van der Waals surface area contributed by atoms with Gasteiger partial charge < -0.3 is 46.2 Å². The number of phenols is 2. The van der Waals surface area contributed by atoms with Gasteiger partial charge in [0.25, 0.3) is 0 Å². The number of carbonyl (C=O) groups excluding carboxylic acids is 2. The zero-order valence-electron chi connectivity index (χ0n) is 16.8. The third-order valence-electron chi connectivity index (χ3n) is 5.30. The number of hydrogen-bond donors (Lipinski definition) is 8. The molecular formula is C21H21NO11. The number of ether oxygens (including phenoxy) is 1. The van der Waals surface area contributed by atoms with Crippen LogP contribution in [0.4, 0.5) is 0 Å². The Balaban J connectivity index is 0.000000218. The molecule has 0 saturated carbocycles. The Bertz CT molecular complexity index is 1110. The van der Waals surface area contributed by atoms with Crippen LogP contribution < -0.4 is 5.73 Å². The Morgan fingerprint density at radius 2 is 1.58 bits per heavy atom. The third-order valence-corrected chi connectivity index (χ3v) is 5.30. The highest BCUT2D eigenvalue weighted by Crippen LogP contribution is 2.37. The summed E-state index contributed by atoms with van der Waals surface area (Å²) in [6, 6.07) is 4.94. The molecule has 1 aliphatic heterocycles. The van der Waals surface area contributed by atoms with E-state index < -0.39 is 60.5 Å². The maximum absolute atomic E-state index is 12.4. The van der Waals surface area contributed by atoms with Crippen molar-refractivity contribution in [2.24, 2.45) is 5.73 Å². The quantitative estimate of drug-likeness (QED) is 0.213. The highest BCUT2D eigenvalue weighted by atomic mass is 16.6. The number of ketones is 2. The van der Waals surface area contributed by atoms with Gasteiger partial charge in [0.15, 0.2) is 12.1 Å². The summed E-state index contributed by atoms with van der Waals surface area (Å²) in [7, 11) is 0. The predicted octanol–water partition coefficient (Wildman–Crippen LogP) is -1.68. The molecule has 0 bridgehead atoms. The maximum atomic E-state index is 12.4. The molecular weight excluding hydrogens is 442 g/mol. The number of nitrogens with two attached hydrogens (primary N) is 1. The summed E-state index contributed by atoms with van der Waals surface area (Å²) in [5.74, 6) is -3.62. The van der Waals surface area contributed by atoms with Gasteiger partial charge in [-0.15, -0.1) is 0 Å². The van der Waals surface area contributed by atoms with Gasteiger partial charge in [0.2, 0.25) is 5.78 Å². The van der Waals surface area contributed by atoms with Crippen LogP contribution in [-0.2, 0) is 4.74 Å². The fourth-order valence-electron chi connectivity index (χ4n) is 3.52. The zero-order valence-corrected chi connectivity index (χ0v) is 16.8. The minimum absolute atomic E-state index is 0.0190. The summed E-state index contributed by atoms with van der Waals surface area (Å²) < 4.78 is 4.70. The number of aromatic carboxylic acids is 1. The molecule has 2 aromatic carbocycles. The second kappa shape index (κ2) is 9.23. The average Bonchev–Trinajstić information content (AvgIpc) is 2.78. The molecule has 12 heteroatoms. The monoisotopic (exact) mass is 463 g/mol. The maximum Gasteiger partial charge on any atom is 0.335 e. The Morgan fingerprint density at radius 3 is 2.18 bits per heavy atom. The largest absolute Gasteiger partial charge is 0.507 e. The molecule has 1 saturated heterocycles. The highest BCUT2D eigenvalue weighted by molar-refractivity contribution is 6.30. The molecule has 2 aromatic rings. The Labute approximate surface area is 185 Å². The van der Waals surface area contributed by atoms with Crippen LogP contribution in [-0.4, -0.2) is 90.5 Å². The van der Waals surface area contributed by atoms with Gasteiger partial charge in [0, 0.05) is 11.1 Å². The summed E-state index contributed by atoms with van der Waals surface area (Å²) in [6.07, 6.45) is -4.85. The van der Waals surface area contributed by atoms with Gasteiger partial charge in [0.1, 0.15) is 29.8 Å². The van der Waals surface area contributed by atoms with Crippen LogP contribution in [0, 0.1) is 0 Å². The van der Waals surface area contributed by atoms with E-state index in [4.69, 9.17) is 25.8 Å². The summed E-state index contributed by atoms with van der Waals surface area (Å²) in [5.41, 5.74) is 4.28. The molecule has 4 rings (SSSR count). The van der Waals surface area contributed by atoms with E-state index in [0.29, 0.717) is 0 Å². The Hall–Kier alpha value is -3.39. The van der Waals surface area contributed by atoms with Gasteiger partial charge >= 0.3 is 5.97 Å². The minimum Gasteiger partial charge on any atom is -0.507 e. The molecule has 2 aliphatic rings. The van der Waals surface area contributed by atoms with Gasteiger partial charge in [-0.1, -0.05) is 12.1 Å². The molecule has 0 radical (unpaired) electrons. The van der Waals surface area contributed by atoms with Crippen molar-refractivity contribution in [1.82, 2.24) is 0 Å².